The van der Waals surface area contributed by atoms with Crippen LogP contribution in [0.2, 0.25) is 0 Å². The van der Waals surface area contributed by atoms with E-state index in [9.17, 15) is 0 Å². The van der Waals surface area contributed by atoms with Crippen LogP contribution in [0.4, 0.5) is 5.69 Å². The predicted molar refractivity (Wildman–Crippen MR) is 87.0 cm³/mol. The molecule has 22 heavy (non-hydrogen) atoms. The van der Waals surface area contributed by atoms with Crippen molar-refractivity contribution in [3.05, 3.63) is 60.7 Å². The smallest absolute Gasteiger partial charge is 0.206 e. The van der Waals surface area contributed by atoms with E-state index >= 15 is 0 Å². The summed E-state index contributed by atoms with van der Waals surface area (Å²) in [5, 5.41) is 16.5. The van der Waals surface area contributed by atoms with E-state index in [0.717, 1.165) is 16.7 Å². The first-order valence-corrected chi connectivity index (χ1v) is 6.94. The molecule has 0 aliphatic carbocycles. The number of rotatable bonds is 2. The molecule has 0 bridgehead atoms. The number of nitrogen functional groups attached to an aromatic ring is 1. The normalized spacial score (nSPS) is 10.9. The van der Waals surface area contributed by atoms with E-state index in [0.29, 0.717) is 11.5 Å². The largest absolute Gasteiger partial charge is 0.398 e. The van der Waals surface area contributed by atoms with Gasteiger partial charge in [-0.2, -0.15) is 5.21 Å². The molecule has 0 radical (unpaired) electrons. The van der Waals surface area contributed by atoms with Crippen LogP contribution >= 0.6 is 0 Å². The minimum Gasteiger partial charge on any atom is -0.398 e. The SMILES string of the molecule is Nc1ccc(-c2cccc3ccccc23)cc1-c1nn[nH]n1. The van der Waals surface area contributed by atoms with E-state index in [2.05, 4.69) is 51.0 Å². The molecule has 0 atom stereocenters. The number of nitrogens with two attached hydrogens (primary N) is 1. The molecule has 0 aliphatic heterocycles. The Morgan fingerprint density at radius 2 is 1.73 bits per heavy atom. The van der Waals surface area contributed by atoms with Gasteiger partial charge in [0.1, 0.15) is 0 Å². The zero-order valence-corrected chi connectivity index (χ0v) is 11.7. The van der Waals surface area contributed by atoms with Crippen LogP contribution in [0.25, 0.3) is 33.3 Å². The fourth-order valence-corrected chi connectivity index (χ4v) is 2.67. The van der Waals surface area contributed by atoms with Crippen molar-refractivity contribution in [2.45, 2.75) is 0 Å². The van der Waals surface area contributed by atoms with E-state index in [-0.39, 0.29) is 0 Å². The third-order valence-electron chi connectivity index (χ3n) is 3.74. The molecule has 0 saturated heterocycles. The first kappa shape index (κ1) is 12.5. The van der Waals surface area contributed by atoms with Gasteiger partial charge >= 0.3 is 0 Å². The Morgan fingerprint density at radius 3 is 2.59 bits per heavy atom. The van der Waals surface area contributed by atoms with Crippen LogP contribution in [-0.4, -0.2) is 20.6 Å². The lowest BCUT2D eigenvalue weighted by molar-refractivity contribution is 0.881. The summed E-state index contributed by atoms with van der Waals surface area (Å²) >= 11 is 0. The first-order chi connectivity index (χ1) is 10.8. The lowest BCUT2D eigenvalue weighted by atomic mass is 9.96. The lowest BCUT2D eigenvalue weighted by Gasteiger charge is -2.09. The number of tetrazole rings is 1. The third kappa shape index (κ3) is 2.00. The number of nitrogens with zero attached hydrogens (tertiary/aromatic N) is 3. The zero-order chi connectivity index (χ0) is 14.9. The molecule has 0 saturated carbocycles. The van der Waals surface area contributed by atoms with Gasteiger partial charge in [0.2, 0.25) is 5.82 Å². The summed E-state index contributed by atoms with van der Waals surface area (Å²) in [7, 11) is 0. The highest BCUT2D eigenvalue weighted by Crippen LogP contribution is 2.33. The van der Waals surface area contributed by atoms with E-state index in [1.54, 1.807) is 0 Å². The molecule has 4 rings (SSSR count). The Morgan fingerprint density at radius 1 is 0.864 bits per heavy atom. The quantitative estimate of drug-likeness (QED) is 0.554. The first-order valence-electron chi connectivity index (χ1n) is 6.94. The monoisotopic (exact) mass is 287 g/mol. The highest BCUT2D eigenvalue weighted by atomic mass is 15.5. The molecule has 0 aliphatic rings. The highest BCUT2D eigenvalue weighted by molar-refractivity contribution is 5.97. The Kier molecular flexibility index (Phi) is 2.83. The van der Waals surface area contributed by atoms with Crippen molar-refractivity contribution >= 4 is 16.5 Å². The molecule has 1 aromatic heterocycles. The average Bonchev–Trinajstić information content (AvgIpc) is 3.09. The van der Waals surface area contributed by atoms with Crippen molar-refractivity contribution in [2.24, 2.45) is 0 Å². The molecule has 3 N–H and O–H groups in total. The second kappa shape index (κ2) is 4.96. The lowest BCUT2D eigenvalue weighted by Crippen LogP contribution is -1.93. The summed E-state index contributed by atoms with van der Waals surface area (Å²) in [6.07, 6.45) is 0. The number of anilines is 1. The minimum atomic E-state index is 0.500. The van der Waals surface area contributed by atoms with Gasteiger partial charge in [0.25, 0.3) is 0 Å². The van der Waals surface area contributed by atoms with Gasteiger partial charge in [0, 0.05) is 11.3 Å². The molecule has 3 aromatic carbocycles. The van der Waals surface area contributed by atoms with Gasteiger partial charge < -0.3 is 5.73 Å². The highest BCUT2D eigenvalue weighted by Gasteiger charge is 2.10. The standard InChI is InChI=1S/C17H13N5/c18-16-9-8-12(10-15(16)17-19-21-22-20-17)14-7-3-5-11-4-1-2-6-13(11)14/h1-10H,18H2,(H,19,20,21,22). The van der Waals surface area contributed by atoms with Gasteiger partial charge in [-0.25, -0.2) is 0 Å². The number of aromatic nitrogens is 4. The molecular weight excluding hydrogens is 274 g/mol. The Balaban J connectivity index is 1.94. The Hall–Kier alpha value is -3.21. The molecule has 0 amide bonds. The number of nitrogens with one attached hydrogen (secondary N) is 1. The maximum absolute atomic E-state index is 6.05. The number of aromatic amines is 1. The number of benzene rings is 3. The molecule has 1 heterocycles. The van der Waals surface area contributed by atoms with Crippen LogP contribution in [-0.2, 0) is 0 Å². The van der Waals surface area contributed by atoms with Crippen LogP contribution in [0.15, 0.2) is 60.7 Å². The number of hydrogen-bond acceptors (Lipinski definition) is 4. The summed E-state index contributed by atoms with van der Waals surface area (Å²) in [5.41, 5.74) is 9.69. The van der Waals surface area contributed by atoms with E-state index in [4.69, 9.17) is 5.73 Å². The molecule has 0 unspecified atom stereocenters. The topological polar surface area (TPSA) is 80.5 Å². The second-order valence-corrected chi connectivity index (χ2v) is 5.06. The van der Waals surface area contributed by atoms with Crippen molar-refractivity contribution in [2.75, 3.05) is 5.73 Å². The van der Waals surface area contributed by atoms with Gasteiger partial charge in [-0.05, 0) is 39.2 Å². The second-order valence-electron chi connectivity index (χ2n) is 5.06. The molecule has 0 fully saturated rings. The van der Waals surface area contributed by atoms with E-state index in [1.165, 1.54) is 10.8 Å². The van der Waals surface area contributed by atoms with Gasteiger partial charge in [0.15, 0.2) is 0 Å². The van der Waals surface area contributed by atoms with Crippen molar-refractivity contribution < 1.29 is 0 Å². The Labute approximate surface area is 126 Å². The van der Waals surface area contributed by atoms with E-state index in [1.807, 2.05) is 30.3 Å². The maximum Gasteiger partial charge on any atom is 0.206 e. The molecule has 5 nitrogen and oxygen atoms in total. The summed E-state index contributed by atoms with van der Waals surface area (Å²) in [6, 6.07) is 20.5. The zero-order valence-electron chi connectivity index (χ0n) is 11.7. The van der Waals surface area contributed by atoms with Crippen molar-refractivity contribution in [1.82, 2.24) is 20.6 Å². The van der Waals surface area contributed by atoms with E-state index < -0.39 is 0 Å². The number of H-pyrrole nitrogens is 1. The number of hydrogen-bond donors (Lipinski definition) is 2. The van der Waals surface area contributed by atoms with Crippen LogP contribution in [0.5, 0.6) is 0 Å². The van der Waals surface area contributed by atoms with Crippen LogP contribution in [0.1, 0.15) is 0 Å². The van der Waals surface area contributed by atoms with Crippen molar-refractivity contribution in [3.8, 4) is 22.5 Å². The average molecular weight is 287 g/mol. The molecule has 106 valence electrons. The molecule has 4 aromatic rings. The summed E-state index contributed by atoms with van der Waals surface area (Å²) < 4.78 is 0. The minimum absolute atomic E-state index is 0.500. The van der Waals surface area contributed by atoms with Crippen LogP contribution in [0, 0.1) is 0 Å². The van der Waals surface area contributed by atoms with Crippen LogP contribution < -0.4 is 5.73 Å². The number of fused-ring (bicyclic) bond motifs is 1. The summed E-state index contributed by atoms with van der Waals surface area (Å²) in [5.74, 6) is 0.500. The third-order valence-corrected chi connectivity index (χ3v) is 3.74. The fourth-order valence-electron chi connectivity index (χ4n) is 2.67. The van der Waals surface area contributed by atoms with Gasteiger partial charge in [-0.3, -0.25) is 0 Å². The fraction of sp³-hybridized carbons (Fsp3) is 0. The van der Waals surface area contributed by atoms with Gasteiger partial charge in [-0.1, -0.05) is 48.5 Å². The molecule has 5 heteroatoms. The van der Waals surface area contributed by atoms with Crippen molar-refractivity contribution in [3.63, 3.8) is 0 Å². The van der Waals surface area contributed by atoms with Gasteiger partial charge in [0.05, 0.1) is 0 Å². The van der Waals surface area contributed by atoms with Crippen molar-refractivity contribution in [1.29, 1.82) is 0 Å². The summed E-state index contributed by atoms with van der Waals surface area (Å²) in [4.78, 5) is 0. The Bertz CT molecular complexity index is 939. The summed E-state index contributed by atoms with van der Waals surface area (Å²) in [6.45, 7) is 0. The maximum atomic E-state index is 6.05. The van der Waals surface area contributed by atoms with Gasteiger partial charge in [-0.15, -0.1) is 10.2 Å². The van der Waals surface area contributed by atoms with Crippen LogP contribution in [0.3, 0.4) is 0 Å². The molecular formula is C17H13N5. The molecule has 0 spiro atoms. The predicted octanol–water partition coefficient (Wildman–Crippen LogP) is 3.27.